The first-order chi connectivity index (χ1) is 14.4. The van der Waals surface area contributed by atoms with Gasteiger partial charge >= 0.3 is 0 Å². The SMILES string of the molecule is CC1CCN(C(=O)c2ccc(F)c(S(=O)(=O)N3CCCCC3)c2)c2ccccc2S1. The van der Waals surface area contributed by atoms with E-state index in [1.54, 1.807) is 16.7 Å². The highest BCUT2D eigenvalue weighted by Gasteiger charge is 2.31. The van der Waals surface area contributed by atoms with Crippen molar-refractivity contribution in [2.24, 2.45) is 0 Å². The van der Waals surface area contributed by atoms with E-state index in [0.29, 0.717) is 24.9 Å². The highest BCUT2D eigenvalue weighted by molar-refractivity contribution is 8.00. The van der Waals surface area contributed by atoms with Gasteiger partial charge in [0.05, 0.1) is 5.69 Å². The van der Waals surface area contributed by atoms with E-state index in [4.69, 9.17) is 0 Å². The van der Waals surface area contributed by atoms with E-state index in [1.165, 1.54) is 16.4 Å². The summed E-state index contributed by atoms with van der Waals surface area (Å²) >= 11 is 1.72. The van der Waals surface area contributed by atoms with Crippen LogP contribution in [0.25, 0.3) is 0 Å². The highest BCUT2D eigenvalue weighted by Crippen LogP contribution is 2.38. The fourth-order valence-electron chi connectivity index (χ4n) is 3.93. The second kappa shape index (κ2) is 8.69. The summed E-state index contributed by atoms with van der Waals surface area (Å²) in [4.78, 5) is 15.6. The zero-order valence-corrected chi connectivity index (χ0v) is 18.5. The third kappa shape index (κ3) is 4.13. The Bertz CT molecular complexity index is 1050. The fraction of sp³-hybridized carbons (Fsp3) is 0.409. The number of sulfonamides is 1. The maximum atomic E-state index is 14.5. The second-order valence-corrected chi connectivity index (χ2v) is 11.1. The smallest absolute Gasteiger partial charge is 0.258 e. The first-order valence-corrected chi connectivity index (χ1v) is 12.6. The summed E-state index contributed by atoms with van der Waals surface area (Å²) in [7, 11) is -3.97. The number of carbonyl (C=O) groups excluding carboxylic acids is 1. The number of thioether (sulfide) groups is 1. The van der Waals surface area contributed by atoms with Crippen LogP contribution in [0, 0.1) is 5.82 Å². The van der Waals surface area contributed by atoms with E-state index in [2.05, 4.69) is 6.92 Å². The molecule has 0 saturated carbocycles. The molecule has 2 aromatic rings. The Kier molecular flexibility index (Phi) is 6.18. The van der Waals surface area contributed by atoms with Crippen LogP contribution in [0.2, 0.25) is 0 Å². The van der Waals surface area contributed by atoms with E-state index < -0.39 is 20.7 Å². The topological polar surface area (TPSA) is 57.7 Å². The molecule has 2 aliphatic heterocycles. The lowest BCUT2D eigenvalue weighted by Gasteiger charge is -2.26. The molecule has 0 aromatic heterocycles. The summed E-state index contributed by atoms with van der Waals surface area (Å²) in [5.41, 5.74) is 0.989. The number of hydrogen-bond acceptors (Lipinski definition) is 4. The first-order valence-electron chi connectivity index (χ1n) is 10.2. The summed E-state index contributed by atoms with van der Waals surface area (Å²) in [5.74, 6) is -1.13. The lowest BCUT2D eigenvalue weighted by atomic mass is 10.1. The average Bonchev–Trinajstić information content (AvgIpc) is 2.92. The Morgan fingerprint density at radius 1 is 1.07 bits per heavy atom. The molecule has 2 aliphatic rings. The van der Waals surface area contributed by atoms with Crippen LogP contribution >= 0.6 is 11.8 Å². The van der Waals surface area contributed by atoms with Gasteiger partial charge in [-0.3, -0.25) is 4.79 Å². The maximum Gasteiger partial charge on any atom is 0.258 e. The molecule has 1 fully saturated rings. The normalized spacial score (nSPS) is 20.5. The number of amides is 1. The number of piperidine rings is 1. The number of carbonyl (C=O) groups is 1. The molecule has 0 aliphatic carbocycles. The predicted molar refractivity (Wildman–Crippen MR) is 117 cm³/mol. The molecule has 1 amide bonds. The minimum atomic E-state index is -3.97. The van der Waals surface area contributed by atoms with Crippen molar-refractivity contribution in [3.05, 3.63) is 53.8 Å². The fourth-order valence-corrected chi connectivity index (χ4v) is 6.65. The van der Waals surface area contributed by atoms with E-state index >= 15 is 0 Å². The Labute approximate surface area is 181 Å². The zero-order chi connectivity index (χ0) is 21.3. The quantitative estimate of drug-likeness (QED) is 0.692. The molecule has 5 nitrogen and oxygen atoms in total. The predicted octanol–water partition coefficient (Wildman–Crippen LogP) is 4.53. The second-order valence-electron chi connectivity index (χ2n) is 7.75. The lowest BCUT2D eigenvalue weighted by molar-refractivity contribution is 0.0986. The summed E-state index contributed by atoms with van der Waals surface area (Å²) in [5, 5.41) is 0.354. The molecule has 0 bridgehead atoms. The minimum Gasteiger partial charge on any atom is -0.307 e. The Morgan fingerprint density at radius 3 is 2.57 bits per heavy atom. The number of benzene rings is 2. The number of halogens is 1. The molecule has 2 heterocycles. The van der Waals surface area contributed by atoms with Crippen LogP contribution in [0.1, 0.15) is 43.0 Å². The Hall–Kier alpha value is -1.90. The lowest BCUT2D eigenvalue weighted by Crippen LogP contribution is -2.36. The molecule has 2 aromatic carbocycles. The number of rotatable bonds is 3. The number of para-hydroxylation sites is 1. The average molecular weight is 449 g/mol. The summed E-state index contributed by atoms with van der Waals surface area (Å²) < 4.78 is 41.9. The van der Waals surface area contributed by atoms with Crippen LogP contribution in [-0.4, -0.2) is 43.5 Å². The van der Waals surface area contributed by atoms with Crippen molar-refractivity contribution < 1.29 is 17.6 Å². The molecular formula is C22H25FN2O3S2. The standard InChI is InChI=1S/C22H25FN2O3S2/c1-16-11-14-25(19-7-3-4-8-20(19)29-16)22(26)17-9-10-18(23)21(15-17)30(27,28)24-12-5-2-6-13-24/h3-4,7-10,15-16H,2,5-6,11-14H2,1H3. The van der Waals surface area contributed by atoms with Crippen LogP contribution in [-0.2, 0) is 10.0 Å². The summed E-state index contributed by atoms with van der Waals surface area (Å²) in [6, 6.07) is 11.4. The number of anilines is 1. The molecule has 1 unspecified atom stereocenters. The molecule has 30 heavy (non-hydrogen) atoms. The van der Waals surface area contributed by atoms with Crippen LogP contribution in [0.5, 0.6) is 0 Å². The van der Waals surface area contributed by atoms with Gasteiger partial charge in [0.25, 0.3) is 5.91 Å². The Morgan fingerprint density at radius 2 is 1.80 bits per heavy atom. The van der Waals surface area contributed by atoms with Crippen LogP contribution in [0.15, 0.2) is 52.3 Å². The monoisotopic (exact) mass is 448 g/mol. The van der Waals surface area contributed by atoms with Crippen LogP contribution in [0.3, 0.4) is 0 Å². The minimum absolute atomic E-state index is 0.182. The molecule has 1 atom stereocenters. The van der Waals surface area contributed by atoms with Gasteiger partial charge in [0.1, 0.15) is 10.7 Å². The Balaban J connectivity index is 1.70. The molecule has 160 valence electrons. The number of hydrogen-bond donors (Lipinski definition) is 0. The summed E-state index contributed by atoms with van der Waals surface area (Å²) in [6.07, 6.45) is 3.31. The van der Waals surface area contributed by atoms with Crippen molar-refractivity contribution in [1.82, 2.24) is 4.31 Å². The number of nitrogens with zero attached hydrogens (tertiary/aromatic N) is 2. The molecule has 0 N–H and O–H groups in total. The van der Waals surface area contributed by atoms with Crippen LogP contribution in [0.4, 0.5) is 10.1 Å². The molecular weight excluding hydrogens is 423 g/mol. The number of fused-ring (bicyclic) bond motifs is 1. The van der Waals surface area contributed by atoms with Crippen molar-refractivity contribution in [3.8, 4) is 0 Å². The van der Waals surface area contributed by atoms with E-state index in [0.717, 1.165) is 42.3 Å². The largest absolute Gasteiger partial charge is 0.307 e. The van der Waals surface area contributed by atoms with Crippen LogP contribution < -0.4 is 4.90 Å². The van der Waals surface area contributed by atoms with Gasteiger partial charge in [-0.25, -0.2) is 12.8 Å². The van der Waals surface area contributed by atoms with Gasteiger partial charge in [0.15, 0.2) is 0 Å². The van der Waals surface area contributed by atoms with Gasteiger partial charge in [-0.05, 0) is 49.6 Å². The van der Waals surface area contributed by atoms with Gasteiger partial charge in [-0.1, -0.05) is 25.5 Å². The van der Waals surface area contributed by atoms with Crippen molar-refractivity contribution in [2.75, 3.05) is 24.5 Å². The summed E-state index contributed by atoms with van der Waals surface area (Å²) in [6.45, 7) is 3.41. The molecule has 0 spiro atoms. The van der Waals surface area contributed by atoms with E-state index in [1.807, 2.05) is 24.3 Å². The van der Waals surface area contributed by atoms with Crippen molar-refractivity contribution in [1.29, 1.82) is 0 Å². The van der Waals surface area contributed by atoms with Gasteiger partial charge in [0, 0.05) is 35.3 Å². The first kappa shape index (κ1) is 21.3. The molecule has 8 heteroatoms. The van der Waals surface area contributed by atoms with Gasteiger partial charge in [-0.2, -0.15) is 4.31 Å². The van der Waals surface area contributed by atoms with E-state index in [-0.39, 0.29) is 11.5 Å². The maximum absolute atomic E-state index is 14.5. The van der Waals surface area contributed by atoms with Gasteiger partial charge in [-0.15, -0.1) is 11.8 Å². The third-order valence-electron chi connectivity index (χ3n) is 5.60. The van der Waals surface area contributed by atoms with Crippen molar-refractivity contribution in [2.45, 2.75) is 47.6 Å². The van der Waals surface area contributed by atoms with Gasteiger partial charge in [0.2, 0.25) is 10.0 Å². The zero-order valence-electron chi connectivity index (χ0n) is 16.9. The van der Waals surface area contributed by atoms with Crippen molar-refractivity contribution >= 4 is 33.4 Å². The third-order valence-corrected chi connectivity index (χ3v) is 8.75. The molecule has 1 saturated heterocycles. The molecule has 0 radical (unpaired) electrons. The molecule has 4 rings (SSSR count). The van der Waals surface area contributed by atoms with Crippen molar-refractivity contribution in [3.63, 3.8) is 0 Å². The van der Waals surface area contributed by atoms with Gasteiger partial charge < -0.3 is 4.90 Å². The highest BCUT2D eigenvalue weighted by atomic mass is 32.2. The van der Waals surface area contributed by atoms with E-state index in [9.17, 15) is 17.6 Å².